The van der Waals surface area contributed by atoms with Crippen molar-refractivity contribution in [2.75, 3.05) is 0 Å². The van der Waals surface area contributed by atoms with Crippen LogP contribution in [-0.2, 0) is 7.05 Å². The number of imidazole rings is 1. The van der Waals surface area contributed by atoms with Crippen LogP contribution in [0.4, 0.5) is 4.39 Å². The molecule has 3 aromatic carbocycles. The summed E-state index contributed by atoms with van der Waals surface area (Å²) in [5, 5.41) is 4.17. The van der Waals surface area contributed by atoms with E-state index in [0.29, 0.717) is 5.71 Å². The topological polar surface area (TPSA) is 43.9 Å². The van der Waals surface area contributed by atoms with Crippen LogP contribution < -0.4 is 0 Å². The second-order valence-electron chi connectivity index (χ2n) is 6.94. The van der Waals surface area contributed by atoms with E-state index in [4.69, 9.17) is 9.40 Å². The summed E-state index contributed by atoms with van der Waals surface area (Å²) in [6.07, 6.45) is 1.83. The molecule has 0 saturated heterocycles. The summed E-state index contributed by atoms with van der Waals surface area (Å²) in [5.41, 5.74) is 3.69. The first-order valence-electron chi connectivity index (χ1n) is 9.02. The van der Waals surface area contributed by atoms with Gasteiger partial charge in [-0.1, -0.05) is 36.4 Å². The van der Waals surface area contributed by atoms with Crippen LogP contribution in [0.2, 0.25) is 0 Å². The monoisotopic (exact) mass is 367 g/mol. The molecule has 0 N–H and O–H groups in total. The fraction of sp³-hybridized carbons (Fsp3) is 0.0435. The van der Waals surface area contributed by atoms with Gasteiger partial charge in [-0.25, -0.2) is 14.4 Å². The Kier molecular flexibility index (Phi) is 2.95. The zero-order valence-corrected chi connectivity index (χ0v) is 15.0. The van der Waals surface area contributed by atoms with Crippen LogP contribution in [0.25, 0.3) is 55.3 Å². The normalized spacial score (nSPS) is 11.9. The number of rotatable bonds is 1. The van der Waals surface area contributed by atoms with E-state index >= 15 is 0 Å². The minimum absolute atomic E-state index is 0.278. The van der Waals surface area contributed by atoms with Gasteiger partial charge in [0.05, 0.1) is 22.0 Å². The molecule has 3 aromatic heterocycles. The number of fused-ring (bicyclic) bond motifs is 6. The minimum Gasteiger partial charge on any atom is -0.437 e. The Hall–Kier alpha value is -3.73. The number of pyridine rings is 1. The molecule has 0 atom stereocenters. The van der Waals surface area contributed by atoms with Gasteiger partial charge >= 0.3 is 0 Å². The molecule has 0 amide bonds. The molecule has 134 valence electrons. The van der Waals surface area contributed by atoms with E-state index in [2.05, 4.69) is 11.1 Å². The molecule has 5 heteroatoms. The Morgan fingerprint density at radius 1 is 0.964 bits per heavy atom. The molecule has 6 rings (SSSR count). The van der Waals surface area contributed by atoms with E-state index in [-0.39, 0.29) is 5.82 Å². The molecule has 6 aromatic rings. The van der Waals surface area contributed by atoms with Crippen LogP contribution in [0.1, 0.15) is 0 Å². The molecule has 4 nitrogen and oxygen atoms in total. The predicted octanol–water partition coefficient (Wildman–Crippen LogP) is 5.83. The summed E-state index contributed by atoms with van der Waals surface area (Å²) in [6.45, 7) is 0. The van der Waals surface area contributed by atoms with Gasteiger partial charge in [0.1, 0.15) is 17.2 Å². The fourth-order valence-electron chi connectivity index (χ4n) is 4.00. The third-order valence-corrected chi connectivity index (χ3v) is 5.33. The number of halogens is 1. The van der Waals surface area contributed by atoms with Crippen molar-refractivity contribution >= 4 is 43.9 Å². The minimum atomic E-state index is -0.278. The van der Waals surface area contributed by atoms with E-state index in [9.17, 15) is 4.39 Å². The molecule has 28 heavy (non-hydrogen) atoms. The number of hydrogen-bond acceptors (Lipinski definition) is 3. The highest BCUT2D eigenvalue weighted by molar-refractivity contribution is 6.19. The molecule has 0 aliphatic carbocycles. The molecule has 0 spiro atoms. The van der Waals surface area contributed by atoms with Crippen molar-refractivity contribution in [1.29, 1.82) is 0 Å². The molecule has 0 aliphatic rings. The van der Waals surface area contributed by atoms with Crippen molar-refractivity contribution in [3.8, 4) is 11.4 Å². The van der Waals surface area contributed by atoms with Gasteiger partial charge in [-0.3, -0.25) is 0 Å². The Bertz CT molecular complexity index is 1540. The molecular weight excluding hydrogens is 353 g/mol. The lowest BCUT2D eigenvalue weighted by molar-refractivity contribution is 0.629. The zero-order chi connectivity index (χ0) is 18.8. The van der Waals surface area contributed by atoms with Gasteiger partial charge in [-0.2, -0.15) is 0 Å². The summed E-state index contributed by atoms with van der Waals surface area (Å²) >= 11 is 0. The first-order valence-corrected chi connectivity index (χ1v) is 9.02. The number of aromatic nitrogens is 3. The average molecular weight is 367 g/mol. The average Bonchev–Trinajstić information content (AvgIpc) is 3.26. The quantitative estimate of drug-likeness (QED) is 0.367. The second kappa shape index (κ2) is 5.39. The molecule has 0 aliphatic heterocycles. The highest BCUT2D eigenvalue weighted by Crippen LogP contribution is 2.38. The Labute approximate surface area is 158 Å². The predicted molar refractivity (Wildman–Crippen MR) is 109 cm³/mol. The van der Waals surface area contributed by atoms with Crippen molar-refractivity contribution in [2.45, 2.75) is 0 Å². The van der Waals surface area contributed by atoms with Crippen LogP contribution in [0, 0.1) is 5.82 Å². The van der Waals surface area contributed by atoms with Crippen molar-refractivity contribution in [3.63, 3.8) is 0 Å². The van der Waals surface area contributed by atoms with Crippen molar-refractivity contribution in [2.24, 2.45) is 7.05 Å². The van der Waals surface area contributed by atoms with Gasteiger partial charge in [0.25, 0.3) is 0 Å². The molecular formula is C23H14FN3O. The zero-order valence-electron chi connectivity index (χ0n) is 15.0. The lowest BCUT2D eigenvalue weighted by atomic mass is 10.0. The highest BCUT2D eigenvalue weighted by Gasteiger charge is 2.18. The third-order valence-electron chi connectivity index (χ3n) is 5.33. The van der Waals surface area contributed by atoms with E-state index in [1.165, 1.54) is 12.1 Å². The van der Waals surface area contributed by atoms with Crippen LogP contribution in [0.3, 0.4) is 0 Å². The van der Waals surface area contributed by atoms with Gasteiger partial charge in [0.2, 0.25) is 5.71 Å². The van der Waals surface area contributed by atoms with E-state index in [1.54, 1.807) is 6.07 Å². The summed E-state index contributed by atoms with van der Waals surface area (Å²) in [5.74, 6) is 0.453. The SMILES string of the molecule is Cn1c(-c2cccc3c2oc2ncc4ccccc4c23)nc2ccc(F)cc21. The van der Waals surface area contributed by atoms with Crippen molar-refractivity contribution in [3.05, 3.63) is 72.7 Å². The standard InChI is InChI=1S/C23H14FN3O/c1-27-19-11-14(24)9-10-18(19)26-22(27)17-8-4-7-16-20-15-6-3-2-5-13(15)12-25-23(20)28-21(16)17/h2-12H,1H3. The maximum absolute atomic E-state index is 13.7. The molecule has 0 unspecified atom stereocenters. The van der Waals surface area contributed by atoms with Gasteiger partial charge < -0.3 is 8.98 Å². The first kappa shape index (κ1) is 15.3. The summed E-state index contributed by atoms with van der Waals surface area (Å²) in [7, 11) is 1.89. The first-order chi connectivity index (χ1) is 13.7. The number of nitrogens with zero attached hydrogens (tertiary/aromatic N) is 3. The smallest absolute Gasteiger partial charge is 0.227 e. The number of furan rings is 1. The van der Waals surface area contributed by atoms with E-state index in [1.807, 2.05) is 54.2 Å². The molecule has 0 bridgehead atoms. The lowest BCUT2D eigenvalue weighted by Crippen LogP contribution is -1.93. The molecule has 0 fully saturated rings. The largest absolute Gasteiger partial charge is 0.437 e. The van der Waals surface area contributed by atoms with Gasteiger partial charge in [0, 0.05) is 24.0 Å². The molecule has 0 saturated carbocycles. The molecule has 3 heterocycles. The van der Waals surface area contributed by atoms with E-state index in [0.717, 1.165) is 49.5 Å². The summed E-state index contributed by atoms with van der Waals surface area (Å²) in [4.78, 5) is 9.24. The van der Waals surface area contributed by atoms with Gasteiger partial charge in [-0.05, 0) is 29.7 Å². The van der Waals surface area contributed by atoms with Crippen LogP contribution in [-0.4, -0.2) is 14.5 Å². The van der Waals surface area contributed by atoms with Crippen LogP contribution in [0.5, 0.6) is 0 Å². The van der Waals surface area contributed by atoms with Crippen molar-refractivity contribution < 1.29 is 8.81 Å². The lowest BCUT2D eigenvalue weighted by Gasteiger charge is -2.03. The maximum atomic E-state index is 13.7. The number of benzene rings is 3. The number of hydrogen-bond donors (Lipinski definition) is 0. The Morgan fingerprint density at radius 2 is 1.82 bits per heavy atom. The second-order valence-corrected chi connectivity index (χ2v) is 6.94. The van der Waals surface area contributed by atoms with E-state index < -0.39 is 0 Å². The van der Waals surface area contributed by atoms with Crippen molar-refractivity contribution in [1.82, 2.24) is 14.5 Å². The highest BCUT2D eigenvalue weighted by atomic mass is 19.1. The van der Waals surface area contributed by atoms with Gasteiger partial charge in [-0.15, -0.1) is 0 Å². The molecule has 0 radical (unpaired) electrons. The van der Waals surface area contributed by atoms with Gasteiger partial charge in [0.15, 0.2) is 0 Å². The Balaban J connectivity index is 1.73. The summed E-state index contributed by atoms with van der Waals surface area (Å²) in [6, 6.07) is 18.8. The fourth-order valence-corrected chi connectivity index (χ4v) is 4.00. The number of aryl methyl sites for hydroxylation is 1. The Morgan fingerprint density at radius 3 is 2.75 bits per heavy atom. The summed E-state index contributed by atoms with van der Waals surface area (Å²) < 4.78 is 21.8. The maximum Gasteiger partial charge on any atom is 0.227 e. The third kappa shape index (κ3) is 1.98. The van der Waals surface area contributed by atoms with Crippen LogP contribution in [0.15, 0.2) is 71.3 Å². The number of para-hydroxylation sites is 1. The van der Waals surface area contributed by atoms with Crippen LogP contribution >= 0.6 is 0 Å².